The van der Waals surface area contributed by atoms with Crippen LogP contribution in [0.3, 0.4) is 0 Å². The summed E-state index contributed by atoms with van der Waals surface area (Å²) >= 11 is 0. The minimum absolute atomic E-state index is 0.253. The minimum atomic E-state index is -4.07. The van der Waals surface area contributed by atoms with Crippen LogP contribution in [0.5, 0.6) is 0 Å². The second kappa shape index (κ2) is 6.62. The fourth-order valence-electron chi connectivity index (χ4n) is 0.855. The Hall–Kier alpha value is -0.820. The lowest BCUT2D eigenvalue weighted by Gasteiger charge is -2.13. The summed E-state index contributed by atoms with van der Waals surface area (Å²) < 4.78 is 38.0. The third-order valence-corrected chi connectivity index (χ3v) is 1.42. The van der Waals surface area contributed by atoms with Gasteiger partial charge in [-0.1, -0.05) is 0 Å². The number of amidine groups is 1. The summed E-state index contributed by atoms with van der Waals surface area (Å²) in [6.45, 7) is 2.88. The van der Waals surface area contributed by atoms with Crippen molar-refractivity contribution in [3.8, 4) is 0 Å². The van der Waals surface area contributed by atoms with E-state index in [0.29, 0.717) is 19.0 Å². The topological polar surface area (TPSA) is 73.6 Å². The van der Waals surface area contributed by atoms with Gasteiger partial charge in [-0.05, 0) is 6.92 Å². The Morgan fingerprint density at radius 1 is 1.53 bits per heavy atom. The van der Waals surface area contributed by atoms with E-state index < -0.39 is 12.6 Å². The zero-order chi connectivity index (χ0) is 11.9. The summed E-state index contributed by atoms with van der Waals surface area (Å²) in [5.41, 5.74) is 9.94. The van der Waals surface area contributed by atoms with Crippen LogP contribution in [0.4, 0.5) is 13.2 Å². The summed E-state index contributed by atoms with van der Waals surface area (Å²) in [6.07, 6.45) is -4.96. The molecule has 1 heterocycles. The normalized spacial score (nSPS) is 21.4. The van der Waals surface area contributed by atoms with Crippen LogP contribution in [0.2, 0.25) is 0 Å². The Kier molecular flexibility index (Phi) is 6.26. The summed E-state index contributed by atoms with van der Waals surface area (Å²) in [4.78, 5) is 4.05. The first-order valence-corrected chi connectivity index (χ1v) is 4.52. The molecule has 1 unspecified atom stereocenters. The molecule has 0 aromatic rings. The van der Waals surface area contributed by atoms with Crippen LogP contribution in [0.25, 0.3) is 0 Å². The second-order valence-electron chi connectivity index (χ2n) is 3.14. The maximum Gasteiger partial charge on any atom is 0.390 e. The molecule has 1 aliphatic heterocycles. The molecule has 0 saturated heterocycles. The number of hydrogen-bond acceptors (Lipinski definition) is 4. The van der Waals surface area contributed by atoms with E-state index in [1.165, 1.54) is 0 Å². The number of nitrogens with zero attached hydrogens (tertiary/aromatic N) is 1. The Labute approximate surface area is 86.5 Å². The van der Waals surface area contributed by atoms with E-state index in [0.717, 1.165) is 0 Å². The summed E-state index contributed by atoms with van der Waals surface area (Å²) in [5, 5.41) is 0. The lowest BCUT2D eigenvalue weighted by atomic mass is 10.3. The number of alkyl halides is 3. The predicted molar refractivity (Wildman–Crippen MR) is 51.6 cm³/mol. The molecule has 0 aromatic heterocycles. The van der Waals surface area contributed by atoms with Gasteiger partial charge in [-0.25, -0.2) is 0 Å². The standard InChI is InChI=1S/C5H10N2O.C3H6F3N/c1-4-2-8-3-5(6)7-4;4-3(5,6)1-2-7/h4H,2-3H2,1H3,(H2,6,7);1-2,7H2. The van der Waals surface area contributed by atoms with Crippen molar-refractivity contribution in [3.05, 3.63) is 0 Å². The third kappa shape index (κ3) is 9.48. The first-order chi connectivity index (χ1) is 6.85. The second-order valence-corrected chi connectivity index (χ2v) is 3.14. The van der Waals surface area contributed by atoms with Crippen molar-refractivity contribution in [2.24, 2.45) is 16.5 Å². The number of nitrogens with two attached hydrogens (primary N) is 2. The summed E-state index contributed by atoms with van der Waals surface area (Å²) in [5.74, 6) is 0.615. The van der Waals surface area contributed by atoms with Gasteiger partial charge in [0.15, 0.2) is 0 Å². The highest BCUT2D eigenvalue weighted by atomic mass is 19.4. The number of ether oxygens (including phenoxy) is 1. The largest absolute Gasteiger partial charge is 0.390 e. The van der Waals surface area contributed by atoms with Crippen LogP contribution in [-0.4, -0.2) is 37.8 Å². The lowest BCUT2D eigenvalue weighted by molar-refractivity contribution is -0.132. The molecular weight excluding hydrogens is 211 g/mol. The van der Waals surface area contributed by atoms with Crippen molar-refractivity contribution in [2.45, 2.75) is 25.6 Å². The van der Waals surface area contributed by atoms with E-state index in [4.69, 9.17) is 10.5 Å². The van der Waals surface area contributed by atoms with Crippen molar-refractivity contribution in [3.63, 3.8) is 0 Å². The zero-order valence-electron chi connectivity index (χ0n) is 8.55. The van der Waals surface area contributed by atoms with E-state index in [1.807, 2.05) is 6.92 Å². The summed E-state index contributed by atoms with van der Waals surface area (Å²) in [6, 6.07) is 0.253. The van der Waals surface area contributed by atoms with Crippen molar-refractivity contribution in [1.29, 1.82) is 0 Å². The van der Waals surface area contributed by atoms with Crippen LogP contribution in [0.15, 0.2) is 4.99 Å². The van der Waals surface area contributed by atoms with Gasteiger partial charge >= 0.3 is 6.18 Å². The predicted octanol–water partition coefficient (Wildman–Crippen LogP) is 0.660. The fraction of sp³-hybridized carbons (Fsp3) is 0.875. The van der Waals surface area contributed by atoms with Crippen molar-refractivity contribution in [1.82, 2.24) is 0 Å². The Morgan fingerprint density at radius 2 is 2.13 bits per heavy atom. The molecule has 1 rings (SSSR count). The lowest BCUT2D eigenvalue weighted by Crippen LogP contribution is -2.29. The molecule has 0 spiro atoms. The minimum Gasteiger partial charge on any atom is -0.386 e. The quantitative estimate of drug-likeness (QED) is 0.691. The maximum atomic E-state index is 11.0. The van der Waals surface area contributed by atoms with Gasteiger partial charge in [0.05, 0.1) is 19.1 Å². The molecule has 1 aliphatic rings. The molecule has 1 atom stereocenters. The van der Waals surface area contributed by atoms with Crippen LogP contribution < -0.4 is 11.5 Å². The molecule has 0 radical (unpaired) electrons. The van der Waals surface area contributed by atoms with Crippen molar-refractivity contribution >= 4 is 5.84 Å². The SMILES string of the molecule is CC1COCC(N)=N1.NCCC(F)(F)F. The van der Waals surface area contributed by atoms with Gasteiger partial charge < -0.3 is 16.2 Å². The molecule has 0 amide bonds. The summed E-state index contributed by atoms with van der Waals surface area (Å²) in [7, 11) is 0. The van der Waals surface area contributed by atoms with E-state index in [1.54, 1.807) is 0 Å². The zero-order valence-corrected chi connectivity index (χ0v) is 8.55. The van der Waals surface area contributed by atoms with Gasteiger partial charge in [0, 0.05) is 6.54 Å². The molecule has 0 bridgehead atoms. The van der Waals surface area contributed by atoms with Gasteiger partial charge in [-0.3, -0.25) is 4.99 Å². The number of halogens is 3. The van der Waals surface area contributed by atoms with Crippen molar-refractivity contribution < 1.29 is 17.9 Å². The van der Waals surface area contributed by atoms with Crippen molar-refractivity contribution in [2.75, 3.05) is 19.8 Å². The molecule has 0 aromatic carbocycles. The Balaban J connectivity index is 0.000000265. The molecule has 7 heteroatoms. The first kappa shape index (κ1) is 14.2. The smallest absolute Gasteiger partial charge is 0.386 e. The molecule has 0 aliphatic carbocycles. The third-order valence-electron chi connectivity index (χ3n) is 1.42. The maximum absolute atomic E-state index is 11.0. The molecule has 0 fully saturated rings. The van der Waals surface area contributed by atoms with Crippen LogP contribution in [-0.2, 0) is 4.74 Å². The Morgan fingerprint density at radius 3 is 2.33 bits per heavy atom. The van der Waals surface area contributed by atoms with Gasteiger partial charge in [-0.2, -0.15) is 13.2 Å². The van der Waals surface area contributed by atoms with Gasteiger partial charge in [0.1, 0.15) is 12.4 Å². The average Bonchev–Trinajstić information content (AvgIpc) is 2.01. The number of rotatable bonds is 1. The molecule has 4 nitrogen and oxygen atoms in total. The molecule has 0 saturated carbocycles. The molecular formula is C8H16F3N3O. The van der Waals surface area contributed by atoms with Gasteiger partial charge in [-0.15, -0.1) is 0 Å². The average molecular weight is 227 g/mol. The number of aliphatic imine (C=N–C) groups is 1. The van der Waals surface area contributed by atoms with E-state index in [9.17, 15) is 13.2 Å². The number of hydrogen-bond donors (Lipinski definition) is 2. The van der Waals surface area contributed by atoms with Crippen LogP contribution in [0, 0.1) is 0 Å². The fourth-order valence-corrected chi connectivity index (χ4v) is 0.855. The first-order valence-electron chi connectivity index (χ1n) is 4.52. The highest BCUT2D eigenvalue weighted by molar-refractivity contribution is 5.82. The Bertz CT molecular complexity index is 206. The van der Waals surface area contributed by atoms with E-state index >= 15 is 0 Å². The molecule has 90 valence electrons. The van der Waals surface area contributed by atoms with E-state index in [2.05, 4.69) is 10.7 Å². The van der Waals surface area contributed by atoms with Crippen LogP contribution >= 0.6 is 0 Å². The highest BCUT2D eigenvalue weighted by Crippen LogP contribution is 2.17. The monoisotopic (exact) mass is 227 g/mol. The molecule has 4 N–H and O–H groups in total. The van der Waals surface area contributed by atoms with Gasteiger partial charge in [0.2, 0.25) is 0 Å². The molecule has 15 heavy (non-hydrogen) atoms. The van der Waals surface area contributed by atoms with Crippen LogP contribution in [0.1, 0.15) is 13.3 Å². The highest BCUT2D eigenvalue weighted by Gasteiger charge is 2.24. The van der Waals surface area contributed by atoms with Gasteiger partial charge in [0.25, 0.3) is 0 Å². The van der Waals surface area contributed by atoms with E-state index in [-0.39, 0.29) is 12.6 Å².